The van der Waals surface area contributed by atoms with Gasteiger partial charge < -0.3 is 43.8 Å². The molecule has 0 radical (unpaired) electrons. The average Bonchev–Trinajstić information content (AvgIpc) is 3.81. The predicted octanol–water partition coefficient (Wildman–Crippen LogP) is 0.348. The van der Waals surface area contributed by atoms with Gasteiger partial charge in [-0.15, -0.1) is 0 Å². The largest absolute Gasteiger partial charge is 0.387 e. The third kappa shape index (κ3) is 6.01. The molecule has 9 rings (SSSR count). The summed E-state index contributed by atoms with van der Waals surface area (Å²) in [4.78, 5) is 48.9. The maximum absolute atomic E-state index is 11.4. The highest BCUT2D eigenvalue weighted by atomic mass is 32.5. The summed E-state index contributed by atoms with van der Waals surface area (Å²) in [5.74, 6) is 0.444. The number of aryl methyl sites for hydroxylation is 1. The number of nitrogens with zero attached hydrogens (tertiary/aromatic N) is 8. The zero-order valence-electron chi connectivity index (χ0n) is 24.6. The molecule has 5 N–H and O–H groups in total. The first kappa shape index (κ1) is 32.7. The average molecular weight is 742 g/mol. The molecule has 3 saturated heterocycles. The summed E-state index contributed by atoms with van der Waals surface area (Å²) >= 11 is 10.7. The van der Waals surface area contributed by atoms with E-state index >= 15 is 0 Å². The Hall–Kier alpha value is -2.46. The minimum atomic E-state index is -4.15. The number of nitrogens with one attached hydrogen (secondary N) is 1. The van der Waals surface area contributed by atoms with Crippen LogP contribution in [0, 0.1) is 0 Å². The van der Waals surface area contributed by atoms with Crippen molar-refractivity contribution in [3.63, 3.8) is 0 Å². The fraction of sp³-hybridized carbons (Fsp3) is 0.520. The van der Waals surface area contributed by atoms with Gasteiger partial charge in [0.05, 0.1) is 31.6 Å². The summed E-state index contributed by atoms with van der Waals surface area (Å²) in [6.45, 7) is -8.79. The number of anilines is 1. The van der Waals surface area contributed by atoms with Crippen LogP contribution in [0.2, 0.25) is 0 Å². The topological polar surface area (TPSA) is 236 Å². The van der Waals surface area contributed by atoms with Gasteiger partial charge in [0.1, 0.15) is 54.8 Å². The van der Waals surface area contributed by atoms with Gasteiger partial charge in [-0.3, -0.25) is 18.2 Å². The Morgan fingerprint density at radius 3 is 1.94 bits per heavy atom. The number of aliphatic hydroxyl groups excluding tert-OH is 2. The van der Waals surface area contributed by atoms with Gasteiger partial charge in [0.15, 0.2) is 35.1 Å². The number of aliphatic hydroxyl groups is 2. The normalized spacial score (nSPS) is 37.5. The lowest BCUT2D eigenvalue weighted by atomic mass is 10.1. The fourth-order valence-electron chi connectivity index (χ4n) is 6.10. The lowest BCUT2D eigenvalue weighted by Gasteiger charge is -2.28. The van der Waals surface area contributed by atoms with Crippen LogP contribution in [0.5, 0.6) is 0 Å². The zero-order valence-corrected chi connectivity index (χ0v) is 28.1. The van der Waals surface area contributed by atoms with E-state index in [-0.39, 0.29) is 0 Å². The Morgan fingerprint density at radius 2 is 1.31 bits per heavy atom. The van der Waals surface area contributed by atoms with Gasteiger partial charge in [0, 0.05) is 6.54 Å². The molecule has 256 valence electrons. The molecule has 14 bridgehead atoms. The van der Waals surface area contributed by atoms with E-state index in [1.807, 2.05) is 12.2 Å². The Balaban J connectivity index is 1.25. The van der Waals surface area contributed by atoms with Crippen LogP contribution in [-0.2, 0) is 57.6 Å². The van der Waals surface area contributed by atoms with Crippen LogP contribution in [-0.4, -0.2) is 115 Å². The van der Waals surface area contributed by atoms with E-state index in [2.05, 4.69) is 35.2 Å². The van der Waals surface area contributed by atoms with Crippen molar-refractivity contribution in [2.24, 2.45) is 0 Å². The van der Waals surface area contributed by atoms with E-state index in [0.717, 1.165) is 0 Å². The van der Waals surface area contributed by atoms with Gasteiger partial charge in [-0.2, -0.15) is 0 Å². The molecule has 10 atom stereocenters. The molecule has 19 nitrogen and oxygen atoms in total. The first-order chi connectivity index (χ1) is 23.1. The lowest BCUT2D eigenvalue weighted by Crippen LogP contribution is -2.38. The fourth-order valence-corrected chi connectivity index (χ4v) is 8.93. The molecule has 4 aromatic heterocycles. The van der Waals surface area contributed by atoms with Crippen LogP contribution < -0.4 is 5.32 Å². The highest BCUT2D eigenvalue weighted by Crippen LogP contribution is 2.54. The summed E-state index contributed by atoms with van der Waals surface area (Å²) < 4.78 is 38.5. The van der Waals surface area contributed by atoms with Crippen LogP contribution in [0.1, 0.15) is 24.6 Å². The highest BCUT2D eigenvalue weighted by molar-refractivity contribution is 8.07. The van der Waals surface area contributed by atoms with Crippen molar-refractivity contribution in [3.05, 3.63) is 43.2 Å². The van der Waals surface area contributed by atoms with Gasteiger partial charge in [-0.25, -0.2) is 29.9 Å². The van der Waals surface area contributed by atoms with Crippen LogP contribution in [0.3, 0.4) is 0 Å². The maximum Gasteiger partial charge on any atom is 0.325 e. The van der Waals surface area contributed by atoms with Crippen molar-refractivity contribution in [2.45, 2.75) is 61.9 Å². The molecular formula is C25H29N9O10P2S2. The number of hydrogen-bond donors (Lipinski definition) is 5. The molecular weight excluding hydrogens is 712 g/mol. The van der Waals surface area contributed by atoms with Crippen molar-refractivity contribution in [1.29, 1.82) is 0 Å². The number of allylic oxidation sites excluding steroid dienone is 1. The first-order valence-electron chi connectivity index (χ1n) is 14.8. The third-order valence-electron chi connectivity index (χ3n) is 8.38. The van der Waals surface area contributed by atoms with Crippen molar-refractivity contribution in [2.75, 3.05) is 25.1 Å². The van der Waals surface area contributed by atoms with E-state index in [1.165, 1.54) is 34.4 Å². The molecule has 4 aromatic rings. The van der Waals surface area contributed by atoms with Crippen LogP contribution in [0.25, 0.3) is 22.3 Å². The molecule has 0 aliphatic carbocycles. The minimum Gasteiger partial charge on any atom is -0.387 e. The van der Waals surface area contributed by atoms with Crippen LogP contribution in [0.15, 0.2) is 37.5 Å². The Bertz CT molecular complexity index is 1850. The Labute approximate surface area is 281 Å². The van der Waals surface area contributed by atoms with Crippen molar-refractivity contribution in [1.82, 2.24) is 39.0 Å². The molecule has 5 aliphatic rings. The summed E-state index contributed by atoms with van der Waals surface area (Å²) in [5.41, 5.74) is 2.28. The monoisotopic (exact) mass is 741 g/mol. The smallest absolute Gasteiger partial charge is 0.325 e. The van der Waals surface area contributed by atoms with E-state index in [1.54, 1.807) is 0 Å². The zero-order chi connectivity index (χ0) is 33.2. The van der Waals surface area contributed by atoms with E-state index in [4.69, 9.17) is 51.2 Å². The maximum atomic E-state index is 11.4. The van der Waals surface area contributed by atoms with Gasteiger partial charge in [0.25, 0.3) is 0 Å². The van der Waals surface area contributed by atoms with E-state index < -0.39 is 75.7 Å². The van der Waals surface area contributed by atoms with Gasteiger partial charge in [-0.05, 0) is 36.5 Å². The van der Waals surface area contributed by atoms with Crippen molar-refractivity contribution >= 4 is 65.2 Å². The quantitative estimate of drug-likeness (QED) is 0.121. The first-order valence-corrected chi connectivity index (χ1v) is 20.0. The second kappa shape index (κ2) is 12.7. The number of aromatic nitrogens is 8. The standard InChI is InChI=1S/C25H29N9O10P2S2/c35-17-13-6-39-46(38,48)44-20-18(36)14-7-40-45(37,47)43-19(17)24(41-13)33-10-31-15-12(27-8-29-22(15)33)4-2-1-3-5-26-21-16-23(30-9-28-21)34(11-32-16)25(20)42-14/h1,3,8-11,13-14,17-20,24-25,35-36H,2,4-7H2,(H,37,47)(H,38,48)(H,26,28,30)/t13-,14-,17-,18-,19-,20-,24-,25-,45?,46?/m1/s1. The van der Waals surface area contributed by atoms with Gasteiger partial charge >= 0.3 is 13.4 Å². The summed E-state index contributed by atoms with van der Waals surface area (Å²) in [6.07, 6.45) is 0.588. The SMILES string of the molecule is O[C@H]1[C@H]2OP(O)(=S)OC[C@H]3O[C@@H]4[C@H](OP(O)(=S)OC[C@H]1O[C@H]2n1cnc2c(ncnc21)CCC=CCNc1ncnc2c1ncn24)[C@@H]3O. The molecule has 3 fully saturated rings. The van der Waals surface area contributed by atoms with Crippen molar-refractivity contribution < 1.29 is 47.6 Å². The van der Waals surface area contributed by atoms with Crippen LogP contribution >= 0.6 is 13.4 Å². The summed E-state index contributed by atoms with van der Waals surface area (Å²) in [5, 5.41) is 26.0. The molecule has 0 amide bonds. The molecule has 5 aliphatic heterocycles. The van der Waals surface area contributed by atoms with Crippen molar-refractivity contribution in [3.8, 4) is 0 Å². The van der Waals surface area contributed by atoms with E-state index in [0.29, 0.717) is 53.2 Å². The second-order valence-corrected chi connectivity index (χ2v) is 16.9. The molecule has 2 unspecified atom stereocenters. The summed E-state index contributed by atoms with van der Waals surface area (Å²) in [6, 6.07) is 0. The molecule has 0 saturated carbocycles. The highest BCUT2D eigenvalue weighted by Gasteiger charge is 2.52. The second-order valence-electron chi connectivity index (χ2n) is 11.4. The molecule has 23 heteroatoms. The molecule has 48 heavy (non-hydrogen) atoms. The molecule has 9 heterocycles. The third-order valence-corrected chi connectivity index (χ3v) is 11.5. The number of imidazole rings is 2. The summed E-state index contributed by atoms with van der Waals surface area (Å²) in [7, 11) is 0. The lowest BCUT2D eigenvalue weighted by molar-refractivity contribution is -0.0615. The predicted molar refractivity (Wildman–Crippen MR) is 171 cm³/mol. The Morgan fingerprint density at radius 1 is 0.750 bits per heavy atom. The van der Waals surface area contributed by atoms with Gasteiger partial charge in [0.2, 0.25) is 0 Å². The van der Waals surface area contributed by atoms with E-state index in [9.17, 15) is 20.0 Å². The molecule has 0 aromatic carbocycles. The number of rotatable bonds is 0. The van der Waals surface area contributed by atoms with Gasteiger partial charge in [-0.1, -0.05) is 12.2 Å². The van der Waals surface area contributed by atoms with Crippen LogP contribution in [0.4, 0.5) is 5.82 Å². The number of fused-ring (bicyclic) bond motifs is 10. The molecule has 0 spiro atoms. The Kier molecular flexibility index (Phi) is 8.66. The number of hydrogen-bond acceptors (Lipinski definition) is 17. The minimum absolute atomic E-state index is 0.328. The number of ether oxygens (including phenoxy) is 2.